The number of hydrogen-bond donors (Lipinski definition) is 2. The monoisotopic (exact) mass is 309 g/mol. The zero-order valence-electron chi connectivity index (χ0n) is 12.6. The van der Waals surface area contributed by atoms with Crippen LogP contribution in [0.1, 0.15) is 37.3 Å². The van der Waals surface area contributed by atoms with Gasteiger partial charge >= 0.3 is 0 Å². The molecule has 2 unspecified atom stereocenters. The summed E-state index contributed by atoms with van der Waals surface area (Å²) in [6.07, 6.45) is 4.43. The van der Waals surface area contributed by atoms with Crippen LogP contribution in [0, 0.1) is 5.92 Å². The molecule has 1 aromatic rings. The first-order valence-electron chi connectivity index (χ1n) is 7.97. The number of halogens is 1. The van der Waals surface area contributed by atoms with Gasteiger partial charge in [-0.25, -0.2) is 4.39 Å². The molecule has 1 aliphatic heterocycles. The van der Waals surface area contributed by atoms with Crippen molar-refractivity contribution in [2.24, 2.45) is 5.92 Å². The number of fused-ring (bicyclic) bond motifs is 1. The lowest BCUT2D eigenvalue weighted by Gasteiger charge is -2.43. The minimum atomic E-state index is -1.40. The van der Waals surface area contributed by atoms with Gasteiger partial charge in [-0.3, -0.25) is 0 Å². The molecule has 4 heteroatoms. The molecule has 1 aromatic carbocycles. The maximum atomic E-state index is 13.9. The third kappa shape index (κ3) is 2.73. The number of hydrogen-bond acceptors (Lipinski definition) is 3. The van der Waals surface area contributed by atoms with Crippen LogP contribution in [0.3, 0.4) is 0 Å². The highest BCUT2D eigenvalue weighted by Gasteiger charge is 2.44. The van der Waals surface area contributed by atoms with Gasteiger partial charge in [-0.15, -0.1) is 11.8 Å². The molecule has 21 heavy (non-hydrogen) atoms. The maximum absolute atomic E-state index is 13.9. The molecule has 116 valence electrons. The van der Waals surface area contributed by atoms with Crippen LogP contribution in [0.25, 0.3) is 0 Å². The Labute approximate surface area is 130 Å². The second-order valence-corrected chi connectivity index (χ2v) is 7.34. The van der Waals surface area contributed by atoms with E-state index in [1.54, 1.807) is 0 Å². The number of rotatable bonds is 6. The Balaban J connectivity index is 1.93. The predicted octanol–water partition coefficient (Wildman–Crippen LogP) is 3.27. The lowest BCUT2D eigenvalue weighted by molar-refractivity contribution is -0.0552. The maximum Gasteiger partial charge on any atom is 0.133 e. The largest absolute Gasteiger partial charge is 0.381 e. The van der Waals surface area contributed by atoms with Crippen molar-refractivity contribution in [1.82, 2.24) is 5.32 Å². The second-order valence-electron chi connectivity index (χ2n) is 6.21. The van der Waals surface area contributed by atoms with E-state index in [4.69, 9.17) is 0 Å². The van der Waals surface area contributed by atoms with E-state index in [-0.39, 0.29) is 6.04 Å². The summed E-state index contributed by atoms with van der Waals surface area (Å²) in [5, 5.41) is 14.4. The van der Waals surface area contributed by atoms with Gasteiger partial charge in [-0.05, 0) is 48.9 Å². The highest BCUT2D eigenvalue weighted by molar-refractivity contribution is 7.99. The van der Waals surface area contributed by atoms with E-state index in [0.29, 0.717) is 5.92 Å². The van der Waals surface area contributed by atoms with Crippen molar-refractivity contribution in [3.8, 4) is 0 Å². The van der Waals surface area contributed by atoms with Crippen molar-refractivity contribution >= 4 is 11.8 Å². The normalized spacial score (nSPS) is 22.4. The van der Waals surface area contributed by atoms with E-state index in [1.807, 2.05) is 30.8 Å². The van der Waals surface area contributed by atoms with Crippen LogP contribution in [0.15, 0.2) is 23.1 Å². The summed E-state index contributed by atoms with van der Waals surface area (Å²) in [4.78, 5) is 1.21. The van der Waals surface area contributed by atoms with Gasteiger partial charge < -0.3 is 10.4 Å². The van der Waals surface area contributed by atoms with Crippen molar-refractivity contribution < 1.29 is 9.50 Å². The highest BCUT2D eigenvalue weighted by atomic mass is 32.2. The molecule has 1 aliphatic carbocycles. The highest BCUT2D eigenvalue weighted by Crippen LogP contribution is 2.41. The van der Waals surface area contributed by atoms with Crippen LogP contribution < -0.4 is 5.32 Å². The molecule has 1 fully saturated rings. The second kappa shape index (κ2) is 6.27. The number of aliphatic hydroxyl groups is 1. The van der Waals surface area contributed by atoms with Crippen LogP contribution in [0.4, 0.5) is 4.39 Å². The third-order valence-corrected chi connectivity index (χ3v) is 6.06. The molecule has 0 aromatic heterocycles. The molecule has 2 atom stereocenters. The molecular formula is C17H24FNOS. The molecule has 0 radical (unpaired) electrons. The summed E-state index contributed by atoms with van der Waals surface area (Å²) in [6.45, 7) is 2.04. The summed E-state index contributed by atoms with van der Waals surface area (Å²) in [6, 6.07) is 5.81. The van der Waals surface area contributed by atoms with E-state index in [1.165, 1.54) is 16.9 Å². The van der Waals surface area contributed by atoms with Gasteiger partial charge in [0.25, 0.3) is 0 Å². The molecule has 2 N–H and O–H groups in total. The van der Waals surface area contributed by atoms with Crippen molar-refractivity contribution in [1.29, 1.82) is 0 Å². The number of alkyl halides is 1. The van der Waals surface area contributed by atoms with Crippen LogP contribution in [0.2, 0.25) is 0 Å². The van der Waals surface area contributed by atoms with Crippen LogP contribution in [-0.2, 0) is 12.0 Å². The van der Waals surface area contributed by atoms with E-state index >= 15 is 0 Å². The molecular weight excluding hydrogens is 285 g/mol. The lowest BCUT2D eigenvalue weighted by atomic mass is 9.71. The first kappa shape index (κ1) is 15.3. The van der Waals surface area contributed by atoms with Gasteiger partial charge in [0.2, 0.25) is 0 Å². The minimum absolute atomic E-state index is 0.189. The zero-order chi connectivity index (χ0) is 14.9. The van der Waals surface area contributed by atoms with E-state index in [9.17, 15) is 9.50 Å². The Bertz CT molecular complexity index is 506. The molecule has 2 aliphatic rings. The van der Waals surface area contributed by atoms with Crippen LogP contribution in [-0.4, -0.2) is 30.1 Å². The average molecular weight is 309 g/mol. The van der Waals surface area contributed by atoms with Gasteiger partial charge in [-0.2, -0.15) is 0 Å². The Morgan fingerprint density at radius 1 is 1.48 bits per heavy atom. The topological polar surface area (TPSA) is 32.3 Å². The molecule has 3 rings (SSSR count). The van der Waals surface area contributed by atoms with Gasteiger partial charge in [0, 0.05) is 16.7 Å². The van der Waals surface area contributed by atoms with Crippen LogP contribution in [0.5, 0.6) is 0 Å². The minimum Gasteiger partial charge on any atom is -0.381 e. The SMILES string of the molecule is CCNC(C1CCC1)C(O)(CF)c1ccc2c(c1)SCC2. The fraction of sp³-hybridized carbons (Fsp3) is 0.647. The smallest absolute Gasteiger partial charge is 0.133 e. The molecule has 0 saturated heterocycles. The predicted molar refractivity (Wildman–Crippen MR) is 85.5 cm³/mol. The van der Waals surface area contributed by atoms with Gasteiger partial charge in [0.15, 0.2) is 0 Å². The van der Waals surface area contributed by atoms with Gasteiger partial charge in [0.1, 0.15) is 12.3 Å². The standard InChI is InChI=1S/C17H24FNOS/c1-2-19-16(13-4-3-5-13)17(20,11-18)14-7-6-12-8-9-21-15(12)10-14/h6-7,10,13,16,19-20H,2-5,8-9,11H2,1H3. The fourth-order valence-electron chi connectivity index (χ4n) is 3.49. The summed E-state index contributed by atoms with van der Waals surface area (Å²) in [7, 11) is 0. The Kier molecular flexibility index (Phi) is 4.57. The molecule has 1 saturated carbocycles. The number of likely N-dealkylation sites (N-methyl/N-ethyl adjacent to an activating group) is 1. The number of thioether (sulfide) groups is 1. The van der Waals surface area contributed by atoms with E-state index in [2.05, 4.69) is 11.4 Å². The van der Waals surface area contributed by atoms with Crippen LogP contribution >= 0.6 is 11.8 Å². The van der Waals surface area contributed by atoms with Crippen molar-refractivity contribution in [3.05, 3.63) is 29.3 Å². The number of benzene rings is 1. The van der Waals surface area contributed by atoms with Crippen molar-refractivity contribution in [2.75, 3.05) is 19.0 Å². The summed E-state index contributed by atoms with van der Waals surface area (Å²) >= 11 is 1.81. The summed E-state index contributed by atoms with van der Waals surface area (Å²) in [5.74, 6) is 1.47. The van der Waals surface area contributed by atoms with Crippen molar-refractivity contribution in [3.63, 3.8) is 0 Å². The molecule has 2 nitrogen and oxygen atoms in total. The molecule has 0 bridgehead atoms. The molecule has 1 heterocycles. The quantitative estimate of drug-likeness (QED) is 0.846. The first-order valence-corrected chi connectivity index (χ1v) is 8.95. The third-order valence-electron chi connectivity index (χ3n) is 4.96. The lowest BCUT2D eigenvalue weighted by Crippen LogP contribution is -2.55. The first-order chi connectivity index (χ1) is 10.2. The van der Waals surface area contributed by atoms with Gasteiger partial charge in [-0.1, -0.05) is 25.5 Å². The van der Waals surface area contributed by atoms with Gasteiger partial charge in [0.05, 0.1) is 0 Å². The Hall–Kier alpha value is -0.580. The number of aryl methyl sites for hydroxylation is 1. The van der Waals surface area contributed by atoms with Crippen molar-refractivity contribution in [2.45, 2.75) is 49.1 Å². The summed E-state index contributed by atoms with van der Waals surface area (Å²) in [5.41, 5.74) is 0.656. The Morgan fingerprint density at radius 3 is 2.90 bits per heavy atom. The Morgan fingerprint density at radius 2 is 2.29 bits per heavy atom. The van der Waals surface area contributed by atoms with E-state index < -0.39 is 12.3 Å². The molecule has 0 spiro atoms. The van der Waals surface area contributed by atoms with E-state index in [0.717, 1.165) is 37.1 Å². The fourth-order valence-corrected chi connectivity index (χ4v) is 4.60. The molecule has 0 amide bonds. The zero-order valence-corrected chi connectivity index (χ0v) is 13.4. The summed E-state index contributed by atoms with van der Waals surface area (Å²) < 4.78 is 13.9. The average Bonchev–Trinajstić information content (AvgIpc) is 2.91. The number of nitrogens with one attached hydrogen (secondary N) is 1.